The number of hydrogen-bond donors (Lipinski definition) is 1. The molecule has 1 aliphatic carbocycles. The number of rotatable bonds is 8. The molecule has 0 unspecified atom stereocenters. The lowest BCUT2D eigenvalue weighted by Gasteiger charge is -2.28. The molecule has 0 radical (unpaired) electrons. The van der Waals surface area contributed by atoms with Crippen LogP contribution in [-0.4, -0.2) is 44.8 Å². The van der Waals surface area contributed by atoms with E-state index in [9.17, 15) is 0 Å². The molecule has 0 aliphatic heterocycles. The Hall–Kier alpha value is -0.120. The van der Waals surface area contributed by atoms with Crippen LogP contribution < -0.4 is 5.73 Å². The fraction of sp³-hybridized carbons (Fsp3) is 1.00. The number of nitrogens with zero attached hydrogens (tertiary/aromatic N) is 1. The van der Waals surface area contributed by atoms with Gasteiger partial charge in [-0.2, -0.15) is 0 Å². The van der Waals surface area contributed by atoms with Gasteiger partial charge in [-0.3, -0.25) is 0 Å². The van der Waals surface area contributed by atoms with Crippen LogP contribution in [0.1, 0.15) is 26.7 Å². The molecule has 0 spiro atoms. The van der Waals surface area contributed by atoms with Crippen LogP contribution in [0.3, 0.4) is 0 Å². The highest BCUT2D eigenvalue weighted by molar-refractivity contribution is 4.96. The Balaban J connectivity index is 2.34. The normalized spacial score (nSPS) is 18.8. The Kier molecular flexibility index (Phi) is 5.03. The zero-order valence-corrected chi connectivity index (χ0v) is 10.5. The van der Waals surface area contributed by atoms with Gasteiger partial charge in [0.15, 0.2) is 0 Å². The lowest BCUT2D eigenvalue weighted by Crippen LogP contribution is -2.38. The highest BCUT2D eigenvalue weighted by atomic mass is 16.5. The number of hydrogen-bond acceptors (Lipinski definition) is 3. The van der Waals surface area contributed by atoms with Gasteiger partial charge in [-0.15, -0.1) is 0 Å². The Bertz CT molecular complexity index is 178. The maximum Gasteiger partial charge on any atom is 0.0589 e. The summed E-state index contributed by atoms with van der Waals surface area (Å²) in [4.78, 5) is 2.51. The highest BCUT2D eigenvalue weighted by Gasteiger charge is 2.42. The predicted molar refractivity (Wildman–Crippen MR) is 63.9 cm³/mol. The molecule has 90 valence electrons. The zero-order chi connectivity index (χ0) is 11.3. The van der Waals surface area contributed by atoms with E-state index in [4.69, 9.17) is 10.5 Å². The van der Waals surface area contributed by atoms with Crippen LogP contribution >= 0.6 is 0 Å². The number of ether oxygens (including phenoxy) is 1. The Morgan fingerprint density at radius 1 is 1.40 bits per heavy atom. The summed E-state index contributed by atoms with van der Waals surface area (Å²) >= 11 is 0. The molecule has 15 heavy (non-hydrogen) atoms. The van der Waals surface area contributed by atoms with Crippen molar-refractivity contribution in [3.8, 4) is 0 Å². The smallest absolute Gasteiger partial charge is 0.0589 e. The molecular formula is C12H26N2O. The van der Waals surface area contributed by atoms with Gasteiger partial charge in [0.2, 0.25) is 0 Å². The van der Waals surface area contributed by atoms with Gasteiger partial charge in [-0.25, -0.2) is 0 Å². The minimum absolute atomic E-state index is 0.447. The molecule has 0 aromatic rings. The highest BCUT2D eigenvalue weighted by Crippen LogP contribution is 2.45. The van der Waals surface area contributed by atoms with Crippen molar-refractivity contribution in [2.75, 3.05) is 39.9 Å². The summed E-state index contributed by atoms with van der Waals surface area (Å²) < 4.78 is 5.15. The standard InChI is InChI=1S/C12H26N2O/c1-11(2)8-14(6-7-15-3)10-12(9-13)4-5-12/h11H,4-10,13H2,1-3H3. The van der Waals surface area contributed by atoms with E-state index in [0.29, 0.717) is 5.41 Å². The van der Waals surface area contributed by atoms with E-state index in [1.807, 2.05) is 0 Å². The van der Waals surface area contributed by atoms with E-state index >= 15 is 0 Å². The van der Waals surface area contributed by atoms with Crippen molar-refractivity contribution in [2.24, 2.45) is 17.1 Å². The van der Waals surface area contributed by atoms with Crippen LogP contribution in [0.5, 0.6) is 0 Å². The first-order valence-electron chi connectivity index (χ1n) is 6.03. The summed E-state index contributed by atoms with van der Waals surface area (Å²) in [6.07, 6.45) is 2.62. The first kappa shape index (κ1) is 12.9. The molecule has 1 aliphatic rings. The van der Waals surface area contributed by atoms with Gasteiger partial charge < -0.3 is 15.4 Å². The first-order chi connectivity index (χ1) is 7.12. The van der Waals surface area contributed by atoms with Crippen molar-refractivity contribution in [1.82, 2.24) is 4.90 Å². The average Bonchev–Trinajstić information content (AvgIpc) is 2.94. The predicted octanol–water partition coefficient (Wildman–Crippen LogP) is 1.33. The molecule has 3 heteroatoms. The SMILES string of the molecule is COCCN(CC(C)C)CC1(CN)CC1. The van der Waals surface area contributed by atoms with E-state index < -0.39 is 0 Å². The third-order valence-electron chi connectivity index (χ3n) is 3.18. The zero-order valence-electron chi connectivity index (χ0n) is 10.5. The van der Waals surface area contributed by atoms with Crippen molar-refractivity contribution in [3.63, 3.8) is 0 Å². The molecule has 0 saturated heterocycles. The summed E-state index contributed by atoms with van der Waals surface area (Å²) in [6.45, 7) is 9.55. The Labute approximate surface area is 94.0 Å². The van der Waals surface area contributed by atoms with Crippen molar-refractivity contribution < 1.29 is 4.74 Å². The van der Waals surface area contributed by atoms with Gasteiger partial charge >= 0.3 is 0 Å². The van der Waals surface area contributed by atoms with Gasteiger partial charge in [0.05, 0.1) is 6.61 Å². The third kappa shape index (κ3) is 4.49. The molecule has 1 fully saturated rings. The van der Waals surface area contributed by atoms with Crippen LogP contribution in [0.2, 0.25) is 0 Å². The van der Waals surface area contributed by atoms with Gasteiger partial charge in [0.25, 0.3) is 0 Å². The summed E-state index contributed by atoms with van der Waals surface area (Å²) in [7, 11) is 1.77. The summed E-state index contributed by atoms with van der Waals surface area (Å²) in [5, 5.41) is 0. The minimum Gasteiger partial charge on any atom is -0.383 e. The van der Waals surface area contributed by atoms with Crippen LogP contribution in [0.4, 0.5) is 0 Å². The van der Waals surface area contributed by atoms with Gasteiger partial charge in [0.1, 0.15) is 0 Å². The van der Waals surface area contributed by atoms with Gasteiger partial charge in [0, 0.05) is 26.7 Å². The molecule has 1 rings (SSSR count). The number of nitrogens with two attached hydrogens (primary N) is 1. The van der Waals surface area contributed by atoms with E-state index in [0.717, 1.165) is 38.7 Å². The number of methoxy groups -OCH3 is 1. The quantitative estimate of drug-likeness (QED) is 0.662. The molecule has 3 nitrogen and oxygen atoms in total. The minimum atomic E-state index is 0.447. The topological polar surface area (TPSA) is 38.5 Å². The molecular weight excluding hydrogens is 188 g/mol. The van der Waals surface area contributed by atoms with E-state index in [2.05, 4.69) is 18.7 Å². The van der Waals surface area contributed by atoms with Crippen molar-refractivity contribution in [1.29, 1.82) is 0 Å². The maximum absolute atomic E-state index is 5.82. The van der Waals surface area contributed by atoms with Gasteiger partial charge in [-0.05, 0) is 30.7 Å². The van der Waals surface area contributed by atoms with E-state index in [-0.39, 0.29) is 0 Å². The maximum atomic E-state index is 5.82. The molecule has 0 amide bonds. The lowest BCUT2D eigenvalue weighted by molar-refractivity contribution is 0.125. The van der Waals surface area contributed by atoms with E-state index in [1.54, 1.807) is 7.11 Å². The fourth-order valence-corrected chi connectivity index (χ4v) is 2.05. The molecule has 0 aromatic heterocycles. The van der Waals surface area contributed by atoms with Crippen molar-refractivity contribution in [3.05, 3.63) is 0 Å². The molecule has 0 bridgehead atoms. The largest absolute Gasteiger partial charge is 0.383 e. The Morgan fingerprint density at radius 3 is 2.47 bits per heavy atom. The summed E-state index contributed by atoms with van der Waals surface area (Å²) in [5.74, 6) is 0.718. The molecule has 1 saturated carbocycles. The second kappa shape index (κ2) is 5.83. The fourth-order valence-electron chi connectivity index (χ4n) is 2.05. The average molecular weight is 214 g/mol. The van der Waals surface area contributed by atoms with Crippen molar-refractivity contribution >= 4 is 0 Å². The second-order valence-electron chi connectivity index (χ2n) is 5.33. The van der Waals surface area contributed by atoms with Crippen LogP contribution in [-0.2, 0) is 4.74 Å². The monoisotopic (exact) mass is 214 g/mol. The lowest BCUT2D eigenvalue weighted by atomic mass is 10.1. The summed E-state index contributed by atoms with van der Waals surface area (Å²) in [6, 6.07) is 0. The molecule has 0 atom stereocenters. The molecule has 0 heterocycles. The summed E-state index contributed by atoms with van der Waals surface area (Å²) in [5.41, 5.74) is 6.27. The van der Waals surface area contributed by atoms with E-state index in [1.165, 1.54) is 12.8 Å². The Morgan fingerprint density at radius 2 is 2.07 bits per heavy atom. The van der Waals surface area contributed by atoms with Crippen LogP contribution in [0.15, 0.2) is 0 Å². The van der Waals surface area contributed by atoms with Crippen LogP contribution in [0.25, 0.3) is 0 Å². The second-order valence-corrected chi connectivity index (χ2v) is 5.33. The molecule has 2 N–H and O–H groups in total. The van der Waals surface area contributed by atoms with Gasteiger partial charge in [-0.1, -0.05) is 13.8 Å². The third-order valence-corrected chi connectivity index (χ3v) is 3.18. The first-order valence-corrected chi connectivity index (χ1v) is 6.03. The molecule has 0 aromatic carbocycles. The van der Waals surface area contributed by atoms with Crippen molar-refractivity contribution in [2.45, 2.75) is 26.7 Å². The van der Waals surface area contributed by atoms with Crippen LogP contribution in [0, 0.1) is 11.3 Å².